The van der Waals surface area contributed by atoms with E-state index in [0.29, 0.717) is 11.8 Å². The number of aliphatic hydroxyl groups excluding tert-OH is 1. The minimum Gasteiger partial charge on any atom is -0.478 e. The summed E-state index contributed by atoms with van der Waals surface area (Å²) in [6.07, 6.45) is 1.95. The lowest BCUT2D eigenvalue weighted by Crippen LogP contribution is -2.02. The molecule has 1 rings (SSSR count). The Bertz CT molecular complexity index is 329. The first-order chi connectivity index (χ1) is 6.20. The molecule has 0 aromatic carbocycles. The average molecular weight is 183 g/mol. The van der Waals surface area contributed by atoms with Gasteiger partial charge in [0.15, 0.2) is 6.29 Å². The van der Waals surface area contributed by atoms with E-state index >= 15 is 0 Å². The van der Waals surface area contributed by atoms with Gasteiger partial charge in [-0.15, -0.1) is 0 Å². The highest BCUT2D eigenvalue weighted by Crippen LogP contribution is 2.13. The maximum atomic E-state index is 10.6. The van der Waals surface area contributed by atoms with Crippen molar-refractivity contribution in [3.05, 3.63) is 23.0 Å². The lowest BCUT2D eigenvalue weighted by molar-refractivity contribution is 0.0696. The van der Waals surface area contributed by atoms with E-state index in [2.05, 4.69) is 4.98 Å². The fourth-order valence-electron chi connectivity index (χ4n) is 1.15. The summed E-state index contributed by atoms with van der Waals surface area (Å²) >= 11 is 0. The maximum Gasteiger partial charge on any atom is 0.337 e. The zero-order chi connectivity index (χ0) is 9.84. The summed E-state index contributed by atoms with van der Waals surface area (Å²) < 4.78 is 0. The van der Waals surface area contributed by atoms with Crippen LogP contribution in [0.2, 0.25) is 0 Å². The molecule has 0 radical (unpaired) electrons. The molecule has 5 nitrogen and oxygen atoms in total. The molecule has 0 aliphatic carbocycles. The zero-order valence-corrected chi connectivity index (χ0v) is 6.78. The fraction of sp³-hybridized carbons (Fsp3) is 0.250. The van der Waals surface area contributed by atoms with E-state index in [1.165, 1.54) is 6.20 Å². The molecule has 0 fully saturated rings. The van der Waals surface area contributed by atoms with Crippen LogP contribution in [0.3, 0.4) is 0 Å². The number of H-pyrrole nitrogens is 1. The maximum absolute atomic E-state index is 10.6. The van der Waals surface area contributed by atoms with Gasteiger partial charge in [0, 0.05) is 12.8 Å². The Morgan fingerprint density at radius 2 is 2.31 bits per heavy atom. The molecule has 13 heavy (non-hydrogen) atoms. The molecule has 0 spiro atoms. The number of aromatic carboxylic acids is 1. The molecule has 3 N–H and O–H groups in total. The number of carbonyl (C=O) groups excluding carboxylic acids is 1. The topological polar surface area (TPSA) is 90.4 Å². The van der Waals surface area contributed by atoms with Crippen molar-refractivity contribution in [2.45, 2.75) is 6.42 Å². The molecular weight excluding hydrogens is 174 g/mol. The van der Waals surface area contributed by atoms with Gasteiger partial charge >= 0.3 is 5.97 Å². The predicted molar refractivity (Wildman–Crippen MR) is 43.9 cm³/mol. The Morgan fingerprint density at radius 1 is 1.62 bits per heavy atom. The van der Waals surface area contributed by atoms with Crippen molar-refractivity contribution in [1.82, 2.24) is 4.98 Å². The van der Waals surface area contributed by atoms with Gasteiger partial charge in [-0.25, -0.2) is 4.79 Å². The monoisotopic (exact) mass is 183 g/mol. The van der Waals surface area contributed by atoms with E-state index < -0.39 is 5.97 Å². The molecule has 0 unspecified atom stereocenters. The van der Waals surface area contributed by atoms with Gasteiger partial charge < -0.3 is 15.2 Å². The molecular formula is C8H9NO4. The van der Waals surface area contributed by atoms with Gasteiger partial charge in [0.25, 0.3) is 0 Å². The Balaban J connectivity index is 3.13. The third-order valence-corrected chi connectivity index (χ3v) is 1.73. The molecule has 5 heteroatoms. The largest absolute Gasteiger partial charge is 0.478 e. The second-order valence-corrected chi connectivity index (χ2v) is 2.49. The van der Waals surface area contributed by atoms with Gasteiger partial charge in [0.1, 0.15) is 0 Å². The first-order valence-corrected chi connectivity index (χ1v) is 3.70. The van der Waals surface area contributed by atoms with E-state index in [4.69, 9.17) is 10.2 Å². The van der Waals surface area contributed by atoms with Crippen LogP contribution >= 0.6 is 0 Å². The number of rotatable bonds is 4. The molecule has 0 bridgehead atoms. The van der Waals surface area contributed by atoms with E-state index in [1.54, 1.807) is 0 Å². The van der Waals surface area contributed by atoms with Crippen molar-refractivity contribution in [1.29, 1.82) is 0 Å². The molecule has 70 valence electrons. The van der Waals surface area contributed by atoms with Crippen molar-refractivity contribution in [3.8, 4) is 0 Å². The van der Waals surface area contributed by atoms with Crippen molar-refractivity contribution >= 4 is 12.3 Å². The molecule has 0 aliphatic rings. The minimum absolute atomic E-state index is 0.0381. The Morgan fingerprint density at radius 3 is 2.77 bits per heavy atom. The van der Waals surface area contributed by atoms with Crippen LogP contribution in [-0.4, -0.2) is 34.1 Å². The molecule has 1 heterocycles. The fourth-order valence-corrected chi connectivity index (χ4v) is 1.15. The number of carboxylic acid groups (broad SMARTS) is 1. The molecule has 0 aliphatic heterocycles. The standard InChI is InChI=1S/C8H9NO4/c10-2-1-5-6(8(12)13)3-9-7(5)4-11/h3-4,9-10H,1-2H2,(H,12,13). The summed E-state index contributed by atoms with van der Waals surface area (Å²) in [4.78, 5) is 23.6. The number of nitrogens with one attached hydrogen (secondary N) is 1. The lowest BCUT2D eigenvalue weighted by Gasteiger charge is -1.97. The summed E-state index contributed by atoms with van der Waals surface area (Å²) in [5.74, 6) is -1.10. The number of aromatic amines is 1. The van der Waals surface area contributed by atoms with E-state index in [-0.39, 0.29) is 24.3 Å². The van der Waals surface area contributed by atoms with E-state index in [1.807, 2.05) is 0 Å². The third kappa shape index (κ3) is 1.75. The Kier molecular flexibility index (Phi) is 2.81. The van der Waals surface area contributed by atoms with Crippen LogP contribution in [0.15, 0.2) is 6.20 Å². The highest BCUT2D eigenvalue weighted by molar-refractivity contribution is 5.92. The van der Waals surface area contributed by atoms with Crippen LogP contribution in [0.1, 0.15) is 26.4 Å². The van der Waals surface area contributed by atoms with Crippen molar-refractivity contribution in [2.24, 2.45) is 0 Å². The second-order valence-electron chi connectivity index (χ2n) is 2.49. The minimum atomic E-state index is -1.10. The molecule has 1 aromatic rings. The summed E-state index contributed by atoms with van der Waals surface area (Å²) in [5.41, 5.74) is 0.604. The van der Waals surface area contributed by atoms with Crippen LogP contribution in [-0.2, 0) is 6.42 Å². The quantitative estimate of drug-likeness (QED) is 0.575. The number of aliphatic hydroxyl groups is 1. The summed E-state index contributed by atoms with van der Waals surface area (Å²) in [5, 5.41) is 17.3. The first-order valence-electron chi connectivity index (χ1n) is 3.70. The van der Waals surface area contributed by atoms with Gasteiger partial charge in [-0.05, 0) is 12.0 Å². The summed E-state index contributed by atoms with van der Waals surface area (Å²) in [7, 11) is 0. The average Bonchev–Trinajstić information content (AvgIpc) is 2.48. The van der Waals surface area contributed by atoms with Crippen molar-refractivity contribution < 1.29 is 19.8 Å². The van der Waals surface area contributed by atoms with Crippen LogP contribution < -0.4 is 0 Å². The van der Waals surface area contributed by atoms with Crippen molar-refractivity contribution in [3.63, 3.8) is 0 Å². The van der Waals surface area contributed by atoms with Gasteiger partial charge in [-0.3, -0.25) is 4.79 Å². The number of aromatic nitrogens is 1. The Labute approximate surface area is 74.0 Å². The van der Waals surface area contributed by atoms with Gasteiger partial charge in [0.2, 0.25) is 0 Å². The van der Waals surface area contributed by atoms with Crippen LogP contribution in [0, 0.1) is 0 Å². The SMILES string of the molecule is O=Cc1[nH]cc(C(=O)O)c1CCO. The van der Waals surface area contributed by atoms with Crippen LogP contribution in [0.5, 0.6) is 0 Å². The second kappa shape index (κ2) is 3.86. The molecule has 0 atom stereocenters. The summed E-state index contributed by atoms with van der Waals surface area (Å²) in [6.45, 7) is -0.182. The number of hydrogen-bond acceptors (Lipinski definition) is 3. The number of aldehydes is 1. The first kappa shape index (κ1) is 9.47. The number of carboxylic acids is 1. The lowest BCUT2D eigenvalue weighted by atomic mass is 10.1. The normalized spacial score (nSPS) is 9.92. The molecule has 0 saturated carbocycles. The van der Waals surface area contributed by atoms with Gasteiger partial charge in [-0.1, -0.05) is 0 Å². The number of hydrogen-bond donors (Lipinski definition) is 3. The van der Waals surface area contributed by atoms with Crippen LogP contribution in [0.4, 0.5) is 0 Å². The number of carbonyl (C=O) groups is 2. The van der Waals surface area contributed by atoms with E-state index in [0.717, 1.165) is 0 Å². The van der Waals surface area contributed by atoms with Crippen molar-refractivity contribution in [2.75, 3.05) is 6.61 Å². The zero-order valence-electron chi connectivity index (χ0n) is 6.78. The highest BCUT2D eigenvalue weighted by Gasteiger charge is 2.15. The highest BCUT2D eigenvalue weighted by atomic mass is 16.4. The third-order valence-electron chi connectivity index (χ3n) is 1.73. The van der Waals surface area contributed by atoms with Gasteiger partial charge in [0.05, 0.1) is 11.3 Å². The predicted octanol–water partition coefficient (Wildman–Crippen LogP) is 0.0602. The summed E-state index contributed by atoms with van der Waals surface area (Å²) in [6, 6.07) is 0. The molecule has 1 aromatic heterocycles. The smallest absolute Gasteiger partial charge is 0.337 e. The molecule has 0 amide bonds. The molecule has 0 saturated heterocycles. The van der Waals surface area contributed by atoms with E-state index in [9.17, 15) is 9.59 Å². The Hall–Kier alpha value is -1.62. The van der Waals surface area contributed by atoms with Crippen LogP contribution in [0.25, 0.3) is 0 Å². The van der Waals surface area contributed by atoms with Gasteiger partial charge in [-0.2, -0.15) is 0 Å².